The molecule has 0 unspecified atom stereocenters. The molecule has 164 valence electrons. The van der Waals surface area contributed by atoms with E-state index in [0.717, 1.165) is 30.0 Å². The van der Waals surface area contributed by atoms with Crippen LogP contribution < -0.4 is 10.1 Å². The predicted octanol–water partition coefficient (Wildman–Crippen LogP) is 4.78. The molecule has 7 heteroatoms. The molecule has 3 aromatic rings. The maximum atomic E-state index is 12.9. The molecule has 0 spiro atoms. The Morgan fingerprint density at radius 3 is 2.52 bits per heavy atom. The summed E-state index contributed by atoms with van der Waals surface area (Å²) in [6, 6.07) is 15.1. The Morgan fingerprint density at radius 2 is 1.84 bits per heavy atom. The van der Waals surface area contributed by atoms with Gasteiger partial charge in [-0.3, -0.25) is 9.48 Å². The van der Waals surface area contributed by atoms with Crippen LogP contribution in [0.2, 0.25) is 5.02 Å². The summed E-state index contributed by atoms with van der Waals surface area (Å²) in [4.78, 5) is 15.0. The topological polar surface area (TPSA) is 59.4 Å². The fourth-order valence-electron chi connectivity index (χ4n) is 3.37. The number of rotatable bonds is 9. The van der Waals surface area contributed by atoms with Gasteiger partial charge < -0.3 is 15.0 Å². The lowest BCUT2D eigenvalue weighted by atomic mass is 10.1. The molecular weight excluding hydrogens is 412 g/mol. The van der Waals surface area contributed by atoms with E-state index < -0.39 is 0 Å². The van der Waals surface area contributed by atoms with Gasteiger partial charge in [-0.05, 0) is 70.3 Å². The zero-order valence-corrected chi connectivity index (χ0v) is 19.2. The van der Waals surface area contributed by atoms with Gasteiger partial charge in [0.2, 0.25) is 0 Å². The van der Waals surface area contributed by atoms with Gasteiger partial charge in [-0.15, -0.1) is 0 Å². The number of carbonyl (C=O) groups excluding carboxylic acids is 1. The summed E-state index contributed by atoms with van der Waals surface area (Å²) < 4.78 is 7.56. The lowest BCUT2D eigenvalue weighted by molar-refractivity contribution is 0.102. The number of anilines is 1. The highest BCUT2D eigenvalue weighted by molar-refractivity contribution is 6.31. The highest BCUT2D eigenvalue weighted by atomic mass is 35.5. The van der Waals surface area contributed by atoms with E-state index in [0.29, 0.717) is 35.1 Å². The Labute approximate surface area is 188 Å². The van der Waals surface area contributed by atoms with Crippen LogP contribution in [0.1, 0.15) is 33.7 Å². The zero-order chi connectivity index (χ0) is 22.4. The second kappa shape index (κ2) is 10.5. The molecule has 0 fully saturated rings. The fraction of sp³-hybridized carbons (Fsp3) is 0.333. The fourth-order valence-corrected chi connectivity index (χ4v) is 3.56. The van der Waals surface area contributed by atoms with Crippen LogP contribution in [-0.2, 0) is 6.54 Å². The molecule has 6 nitrogen and oxygen atoms in total. The first-order valence-electron chi connectivity index (χ1n) is 10.3. The lowest BCUT2D eigenvalue weighted by Crippen LogP contribution is -2.15. The number of benzene rings is 2. The highest BCUT2D eigenvalue weighted by Crippen LogP contribution is 2.21. The molecule has 0 aliphatic carbocycles. The van der Waals surface area contributed by atoms with Gasteiger partial charge in [-0.25, -0.2) is 0 Å². The quantitative estimate of drug-likeness (QED) is 0.486. The summed E-state index contributed by atoms with van der Waals surface area (Å²) in [5.41, 5.74) is 3.74. The van der Waals surface area contributed by atoms with Crippen molar-refractivity contribution in [2.24, 2.45) is 0 Å². The van der Waals surface area contributed by atoms with Crippen LogP contribution in [0.25, 0.3) is 0 Å². The van der Waals surface area contributed by atoms with Gasteiger partial charge in [0, 0.05) is 22.9 Å². The Kier molecular flexibility index (Phi) is 7.71. The lowest BCUT2D eigenvalue weighted by Gasteiger charge is -2.11. The van der Waals surface area contributed by atoms with E-state index in [9.17, 15) is 4.79 Å². The molecule has 0 aliphatic heterocycles. The molecule has 0 saturated heterocycles. The third-order valence-electron chi connectivity index (χ3n) is 5.02. The molecule has 1 N–H and O–H groups in total. The van der Waals surface area contributed by atoms with E-state index >= 15 is 0 Å². The number of aromatic nitrogens is 2. The number of nitrogens with one attached hydrogen (secondary N) is 1. The monoisotopic (exact) mass is 440 g/mol. The maximum absolute atomic E-state index is 12.9. The van der Waals surface area contributed by atoms with Crippen LogP contribution in [0.3, 0.4) is 0 Å². The highest BCUT2D eigenvalue weighted by Gasteiger charge is 2.19. The van der Waals surface area contributed by atoms with Crippen molar-refractivity contribution in [2.45, 2.75) is 26.8 Å². The van der Waals surface area contributed by atoms with Crippen molar-refractivity contribution in [1.29, 1.82) is 0 Å². The summed E-state index contributed by atoms with van der Waals surface area (Å²) in [5, 5.41) is 8.19. The van der Waals surface area contributed by atoms with Crippen molar-refractivity contribution >= 4 is 23.2 Å². The van der Waals surface area contributed by atoms with Crippen molar-refractivity contribution in [3.8, 4) is 5.75 Å². The smallest absolute Gasteiger partial charge is 0.259 e. The van der Waals surface area contributed by atoms with Gasteiger partial charge in [-0.1, -0.05) is 29.8 Å². The predicted molar refractivity (Wildman–Crippen MR) is 125 cm³/mol. The van der Waals surface area contributed by atoms with Crippen molar-refractivity contribution in [3.05, 3.63) is 76.1 Å². The van der Waals surface area contributed by atoms with E-state index in [-0.39, 0.29) is 5.91 Å². The van der Waals surface area contributed by atoms with E-state index in [2.05, 4.69) is 15.3 Å². The third-order valence-corrected chi connectivity index (χ3v) is 5.39. The number of amides is 1. The van der Waals surface area contributed by atoms with Crippen molar-refractivity contribution < 1.29 is 9.53 Å². The van der Waals surface area contributed by atoms with Crippen LogP contribution in [0.4, 0.5) is 5.69 Å². The molecule has 31 heavy (non-hydrogen) atoms. The maximum Gasteiger partial charge on any atom is 0.259 e. The van der Waals surface area contributed by atoms with Crippen LogP contribution >= 0.6 is 11.6 Å². The van der Waals surface area contributed by atoms with Gasteiger partial charge in [0.25, 0.3) is 5.91 Å². The van der Waals surface area contributed by atoms with Crippen molar-refractivity contribution in [2.75, 3.05) is 32.6 Å². The molecule has 1 aromatic heterocycles. The zero-order valence-electron chi connectivity index (χ0n) is 18.5. The standard InChI is InChI=1S/C24H29ClN4O2/c1-17-23(18(2)29(27-17)16-19-8-5-6-9-22(19)25)24(30)26-20-10-12-21(13-11-20)31-15-7-14-28(3)4/h5-6,8-13H,7,14-16H2,1-4H3,(H,26,30). The number of halogens is 1. The van der Waals surface area contributed by atoms with Gasteiger partial charge >= 0.3 is 0 Å². The van der Waals surface area contributed by atoms with Gasteiger partial charge in [0.05, 0.1) is 24.4 Å². The largest absolute Gasteiger partial charge is 0.494 e. The SMILES string of the molecule is Cc1nn(Cc2ccccc2Cl)c(C)c1C(=O)Nc1ccc(OCCCN(C)C)cc1. The Bertz CT molecular complexity index is 1030. The molecule has 0 bridgehead atoms. The van der Waals surface area contributed by atoms with Crippen LogP contribution in [-0.4, -0.2) is 47.8 Å². The number of carbonyl (C=O) groups is 1. The summed E-state index contributed by atoms with van der Waals surface area (Å²) in [6.45, 7) is 5.90. The molecule has 0 radical (unpaired) electrons. The normalized spacial score (nSPS) is 11.0. The number of hydrogen-bond acceptors (Lipinski definition) is 4. The first-order valence-corrected chi connectivity index (χ1v) is 10.7. The Hall–Kier alpha value is -2.83. The van der Waals surface area contributed by atoms with Crippen LogP contribution in [0.15, 0.2) is 48.5 Å². The molecule has 3 rings (SSSR count). The number of aryl methyl sites for hydroxylation is 1. The molecular formula is C24H29ClN4O2. The van der Waals surface area contributed by atoms with E-state index in [1.807, 2.05) is 81.2 Å². The number of ether oxygens (including phenoxy) is 1. The molecule has 2 aromatic carbocycles. The third kappa shape index (κ3) is 6.09. The van der Waals surface area contributed by atoms with E-state index in [4.69, 9.17) is 16.3 Å². The second-order valence-corrected chi connectivity index (χ2v) is 8.19. The minimum Gasteiger partial charge on any atom is -0.494 e. The first kappa shape index (κ1) is 22.8. The van der Waals surface area contributed by atoms with Gasteiger partial charge in [0.15, 0.2) is 0 Å². The minimum absolute atomic E-state index is 0.181. The number of hydrogen-bond donors (Lipinski definition) is 1. The summed E-state index contributed by atoms with van der Waals surface area (Å²) in [6.07, 6.45) is 0.961. The summed E-state index contributed by atoms with van der Waals surface area (Å²) >= 11 is 6.28. The molecule has 1 heterocycles. The second-order valence-electron chi connectivity index (χ2n) is 7.78. The van der Waals surface area contributed by atoms with Gasteiger partial charge in [-0.2, -0.15) is 5.10 Å². The minimum atomic E-state index is -0.181. The molecule has 0 aliphatic rings. The molecule has 0 saturated carbocycles. The summed E-state index contributed by atoms with van der Waals surface area (Å²) in [7, 11) is 4.09. The van der Waals surface area contributed by atoms with Crippen molar-refractivity contribution in [1.82, 2.24) is 14.7 Å². The van der Waals surface area contributed by atoms with Crippen LogP contribution in [0.5, 0.6) is 5.75 Å². The van der Waals surface area contributed by atoms with E-state index in [1.165, 1.54) is 0 Å². The Balaban J connectivity index is 1.64. The van der Waals surface area contributed by atoms with Crippen molar-refractivity contribution in [3.63, 3.8) is 0 Å². The number of nitrogens with zero attached hydrogens (tertiary/aromatic N) is 3. The van der Waals surface area contributed by atoms with Gasteiger partial charge in [0.1, 0.15) is 5.75 Å². The average molecular weight is 441 g/mol. The summed E-state index contributed by atoms with van der Waals surface area (Å²) in [5.74, 6) is 0.608. The molecule has 0 atom stereocenters. The molecule has 1 amide bonds. The Morgan fingerprint density at radius 1 is 1.13 bits per heavy atom. The van der Waals surface area contributed by atoms with Crippen LogP contribution in [0, 0.1) is 13.8 Å². The first-order chi connectivity index (χ1) is 14.8. The van der Waals surface area contributed by atoms with E-state index in [1.54, 1.807) is 0 Å². The average Bonchev–Trinajstić information content (AvgIpc) is 3.01.